The van der Waals surface area contributed by atoms with Gasteiger partial charge in [0.2, 0.25) is 11.7 Å². The van der Waals surface area contributed by atoms with Crippen molar-refractivity contribution in [1.82, 2.24) is 14.9 Å². The molecular formula is C25H34N4O4. The van der Waals surface area contributed by atoms with Crippen molar-refractivity contribution in [3.63, 3.8) is 0 Å². The molecule has 178 valence electrons. The highest BCUT2D eigenvalue weighted by atomic mass is 16.5. The van der Waals surface area contributed by atoms with E-state index in [9.17, 15) is 4.79 Å². The molecule has 0 spiro atoms. The minimum Gasteiger partial charge on any atom is -0.493 e. The number of rotatable bonds is 10. The number of anilines is 2. The van der Waals surface area contributed by atoms with E-state index >= 15 is 0 Å². The third-order valence-corrected chi connectivity index (χ3v) is 5.11. The summed E-state index contributed by atoms with van der Waals surface area (Å²) in [5.41, 5.74) is 2.91. The number of carbonyl (C=O) groups is 1. The molecule has 2 N–H and O–H groups in total. The van der Waals surface area contributed by atoms with Gasteiger partial charge in [-0.05, 0) is 30.0 Å². The number of ether oxygens (including phenoxy) is 3. The number of aromatic amines is 1. The molecule has 1 heterocycles. The fourth-order valence-corrected chi connectivity index (χ4v) is 3.80. The van der Waals surface area contributed by atoms with Crippen LogP contribution in [0.3, 0.4) is 0 Å². The van der Waals surface area contributed by atoms with Gasteiger partial charge < -0.3 is 29.4 Å². The molecule has 0 aliphatic carbocycles. The van der Waals surface area contributed by atoms with E-state index in [0.29, 0.717) is 40.6 Å². The van der Waals surface area contributed by atoms with Crippen molar-refractivity contribution in [3.8, 4) is 17.2 Å². The molecule has 0 fully saturated rings. The van der Waals surface area contributed by atoms with Crippen molar-refractivity contribution in [3.05, 3.63) is 35.9 Å². The molecule has 8 nitrogen and oxygen atoms in total. The number of carbonyl (C=O) groups excluding carboxylic acids is 1. The first-order valence-corrected chi connectivity index (χ1v) is 11.1. The van der Waals surface area contributed by atoms with E-state index in [0.717, 1.165) is 29.8 Å². The van der Waals surface area contributed by atoms with Gasteiger partial charge in [0.15, 0.2) is 11.5 Å². The average molecular weight is 455 g/mol. The second kappa shape index (κ2) is 10.5. The molecule has 2 aromatic carbocycles. The Morgan fingerprint density at radius 3 is 2.09 bits per heavy atom. The van der Waals surface area contributed by atoms with E-state index in [1.165, 1.54) is 0 Å². The number of imidazole rings is 1. The molecule has 33 heavy (non-hydrogen) atoms. The van der Waals surface area contributed by atoms with E-state index in [4.69, 9.17) is 14.2 Å². The molecule has 0 aliphatic rings. The number of hydrogen-bond donors (Lipinski definition) is 2. The quantitative estimate of drug-likeness (QED) is 0.444. The van der Waals surface area contributed by atoms with Crippen molar-refractivity contribution in [2.75, 3.05) is 39.7 Å². The van der Waals surface area contributed by atoms with Gasteiger partial charge in [0.05, 0.1) is 32.4 Å². The highest BCUT2D eigenvalue weighted by Gasteiger charge is 2.19. The molecule has 0 saturated heterocycles. The van der Waals surface area contributed by atoms with Crippen LogP contribution in [0.5, 0.6) is 17.2 Å². The number of amides is 1. The normalized spacial score (nSPS) is 11.2. The predicted octanol–water partition coefficient (Wildman–Crippen LogP) is 5.09. The van der Waals surface area contributed by atoms with Gasteiger partial charge in [-0.15, -0.1) is 0 Å². The smallest absolute Gasteiger partial charge is 0.253 e. The van der Waals surface area contributed by atoms with Crippen molar-refractivity contribution in [2.24, 2.45) is 11.8 Å². The molecule has 1 aromatic heterocycles. The fraction of sp³-hybridized carbons (Fsp3) is 0.440. The van der Waals surface area contributed by atoms with E-state index in [1.807, 2.05) is 23.1 Å². The number of H-pyrrole nitrogens is 1. The minimum atomic E-state index is 0.0352. The predicted molar refractivity (Wildman–Crippen MR) is 131 cm³/mol. The van der Waals surface area contributed by atoms with E-state index < -0.39 is 0 Å². The summed E-state index contributed by atoms with van der Waals surface area (Å²) >= 11 is 0. The molecule has 1 amide bonds. The molecule has 0 aliphatic heterocycles. The first-order chi connectivity index (χ1) is 15.7. The first-order valence-electron chi connectivity index (χ1n) is 11.1. The molecule has 3 aromatic rings. The van der Waals surface area contributed by atoms with Crippen LogP contribution in [0.4, 0.5) is 11.6 Å². The number of fused-ring (bicyclic) bond motifs is 1. The Morgan fingerprint density at radius 1 is 0.970 bits per heavy atom. The topological polar surface area (TPSA) is 88.7 Å². The SMILES string of the molecule is COc1cc(Nc2nc3ccc(C(=O)N(CC(C)C)CC(C)C)cc3[nH]2)cc(OC)c1OC. The summed E-state index contributed by atoms with van der Waals surface area (Å²) in [7, 11) is 4.71. The van der Waals surface area contributed by atoms with Gasteiger partial charge in [0.1, 0.15) is 0 Å². The van der Waals surface area contributed by atoms with Crippen LogP contribution in [0.25, 0.3) is 11.0 Å². The molecule has 0 bridgehead atoms. The molecule has 0 unspecified atom stereocenters. The van der Waals surface area contributed by atoms with E-state index in [1.54, 1.807) is 33.5 Å². The number of hydrogen-bond acceptors (Lipinski definition) is 6. The highest BCUT2D eigenvalue weighted by Crippen LogP contribution is 2.40. The standard InChI is InChI=1S/C25H34N4O4/c1-15(2)13-29(14-16(3)4)24(30)17-8-9-19-20(10-17)28-25(27-19)26-18-11-21(31-5)23(33-7)22(12-18)32-6/h8-12,15-16H,13-14H2,1-7H3,(H2,26,27,28). The molecule has 3 rings (SSSR count). The summed E-state index contributed by atoms with van der Waals surface area (Å²) in [6, 6.07) is 9.17. The maximum atomic E-state index is 13.2. The van der Waals surface area contributed by atoms with Gasteiger partial charge in [0.25, 0.3) is 5.91 Å². The van der Waals surface area contributed by atoms with Crippen LogP contribution in [-0.2, 0) is 0 Å². The monoisotopic (exact) mass is 454 g/mol. The van der Waals surface area contributed by atoms with Crippen molar-refractivity contribution < 1.29 is 19.0 Å². The summed E-state index contributed by atoms with van der Waals surface area (Å²) in [5, 5.41) is 3.24. The van der Waals surface area contributed by atoms with E-state index in [-0.39, 0.29) is 5.91 Å². The molecule has 0 atom stereocenters. The van der Waals surface area contributed by atoms with Crippen LogP contribution in [0.15, 0.2) is 30.3 Å². The summed E-state index contributed by atoms with van der Waals surface area (Å²) in [4.78, 5) is 23.0. The van der Waals surface area contributed by atoms with Gasteiger partial charge >= 0.3 is 0 Å². The van der Waals surface area contributed by atoms with E-state index in [2.05, 4.69) is 43.0 Å². The Balaban J connectivity index is 1.88. The van der Waals surface area contributed by atoms with Crippen LogP contribution >= 0.6 is 0 Å². The van der Waals surface area contributed by atoms with Crippen LogP contribution in [0, 0.1) is 11.8 Å². The summed E-state index contributed by atoms with van der Waals surface area (Å²) in [6.07, 6.45) is 0. The lowest BCUT2D eigenvalue weighted by Gasteiger charge is -2.26. The number of aromatic nitrogens is 2. The average Bonchev–Trinajstić information content (AvgIpc) is 3.18. The minimum absolute atomic E-state index is 0.0352. The summed E-state index contributed by atoms with van der Waals surface area (Å²) in [5.74, 6) is 2.98. The van der Waals surface area contributed by atoms with Crippen LogP contribution in [0.1, 0.15) is 38.1 Å². The molecule has 0 radical (unpaired) electrons. The van der Waals surface area contributed by atoms with Crippen molar-refractivity contribution in [2.45, 2.75) is 27.7 Å². The maximum Gasteiger partial charge on any atom is 0.253 e. The van der Waals surface area contributed by atoms with Gasteiger partial charge in [-0.2, -0.15) is 0 Å². The lowest BCUT2D eigenvalue weighted by molar-refractivity contribution is 0.0715. The molecular weight excluding hydrogens is 420 g/mol. The van der Waals surface area contributed by atoms with Crippen LogP contribution in [-0.4, -0.2) is 55.2 Å². The Morgan fingerprint density at radius 2 is 1.58 bits per heavy atom. The molecule has 0 saturated carbocycles. The zero-order chi connectivity index (χ0) is 24.1. The highest BCUT2D eigenvalue weighted by molar-refractivity contribution is 5.97. The van der Waals surface area contributed by atoms with Crippen molar-refractivity contribution >= 4 is 28.6 Å². The van der Waals surface area contributed by atoms with Gasteiger partial charge in [-0.25, -0.2) is 4.98 Å². The van der Waals surface area contributed by atoms with Crippen molar-refractivity contribution in [1.29, 1.82) is 0 Å². The number of benzene rings is 2. The van der Waals surface area contributed by atoms with Crippen LogP contribution < -0.4 is 19.5 Å². The van der Waals surface area contributed by atoms with Gasteiger partial charge in [0, 0.05) is 36.5 Å². The zero-order valence-electron chi connectivity index (χ0n) is 20.5. The first kappa shape index (κ1) is 24.2. The molecule has 8 heteroatoms. The Hall–Kier alpha value is -3.42. The second-order valence-electron chi connectivity index (χ2n) is 8.85. The van der Waals surface area contributed by atoms with Crippen LogP contribution in [0.2, 0.25) is 0 Å². The lowest BCUT2D eigenvalue weighted by Crippen LogP contribution is -2.37. The van der Waals surface area contributed by atoms with Gasteiger partial charge in [-0.1, -0.05) is 27.7 Å². The fourth-order valence-electron chi connectivity index (χ4n) is 3.80. The summed E-state index contributed by atoms with van der Waals surface area (Å²) in [6.45, 7) is 9.96. The Bertz CT molecular complexity index is 1070. The number of nitrogens with zero attached hydrogens (tertiary/aromatic N) is 2. The third kappa shape index (κ3) is 5.69. The second-order valence-corrected chi connectivity index (χ2v) is 8.85. The van der Waals surface area contributed by atoms with Gasteiger partial charge in [-0.3, -0.25) is 4.79 Å². The number of methoxy groups -OCH3 is 3. The Kier molecular flexibility index (Phi) is 7.68. The zero-order valence-corrected chi connectivity index (χ0v) is 20.5. The maximum absolute atomic E-state index is 13.2. The lowest BCUT2D eigenvalue weighted by atomic mass is 10.1. The third-order valence-electron chi connectivity index (χ3n) is 5.11. The Labute approximate surface area is 195 Å². The largest absolute Gasteiger partial charge is 0.493 e. The summed E-state index contributed by atoms with van der Waals surface area (Å²) < 4.78 is 16.2. The number of nitrogens with one attached hydrogen (secondary N) is 2.